The van der Waals surface area contributed by atoms with Gasteiger partial charge in [-0.2, -0.15) is 0 Å². The van der Waals surface area contributed by atoms with Crippen molar-refractivity contribution in [2.75, 3.05) is 25.5 Å². The van der Waals surface area contributed by atoms with Gasteiger partial charge in [0.05, 0.1) is 17.7 Å². The van der Waals surface area contributed by atoms with Crippen LogP contribution in [0.2, 0.25) is 0 Å². The van der Waals surface area contributed by atoms with Crippen molar-refractivity contribution in [2.24, 2.45) is 0 Å². The van der Waals surface area contributed by atoms with Gasteiger partial charge in [0.25, 0.3) is 15.9 Å². The van der Waals surface area contributed by atoms with E-state index in [9.17, 15) is 13.2 Å². The monoisotopic (exact) mass is 402 g/mol. The molecular weight excluding hydrogens is 376 g/mol. The van der Waals surface area contributed by atoms with Crippen LogP contribution in [0.15, 0.2) is 53.4 Å². The number of para-hydroxylation sites is 2. The SMILES string of the molecule is COc1ccccc1N(C)S(=O)(=O)c1ccc(C(=O)N(C)C2CCCC2)cc1. The van der Waals surface area contributed by atoms with E-state index < -0.39 is 10.0 Å². The zero-order valence-electron chi connectivity index (χ0n) is 16.5. The van der Waals surface area contributed by atoms with Crippen LogP contribution in [0, 0.1) is 0 Å². The summed E-state index contributed by atoms with van der Waals surface area (Å²) >= 11 is 0. The second-order valence-corrected chi connectivity index (χ2v) is 8.99. The van der Waals surface area contributed by atoms with Crippen molar-refractivity contribution in [1.29, 1.82) is 0 Å². The largest absolute Gasteiger partial charge is 0.495 e. The standard InChI is InChI=1S/C21H26N2O4S/c1-22(17-8-4-5-9-17)21(24)16-12-14-18(15-13-16)28(25,26)23(2)19-10-6-7-11-20(19)27-3/h6-7,10-15,17H,4-5,8-9H2,1-3H3. The van der Waals surface area contributed by atoms with Gasteiger partial charge in [-0.3, -0.25) is 9.10 Å². The van der Waals surface area contributed by atoms with Gasteiger partial charge in [-0.1, -0.05) is 25.0 Å². The number of nitrogens with zero attached hydrogens (tertiary/aromatic N) is 2. The van der Waals surface area contributed by atoms with Crippen LogP contribution in [0.1, 0.15) is 36.0 Å². The van der Waals surface area contributed by atoms with Crippen molar-refractivity contribution >= 4 is 21.6 Å². The third-order valence-electron chi connectivity index (χ3n) is 5.38. The normalized spacial score (nSPS) is 14.7. The lowest BCUT2D eigenvalue weighted by atomic mass is 10.1. The molecule has 2 aromatic carbocycles. The molecule has 0 N–H and O–H groups in total. The van der Waals surface area contributed by atoms with Gasteiger partial charge in [0.15, 0.2) is 0 Å². The molecule has 7 heteroatoms. The summed E-state index contributed by atoms with van der Waals surface area (Å²) < 4.78 is 32.5. The second kappa shape index (κ2) is 8.22. The van der Waals surface area contributed by atoms with Gasteiger partial charge in [0.2, 0.25) is 0 Å². The Morgan fingerprint density at radius 3 is 2.21 bits per heavy atom. The van der Waals surface area contributed by atoms with Crippen molar-refractivity contribution in [3.63, 3.8) is 0 Å². The number of sulfonamides is 1. The molecule has 0 atom stereocenters. The molecule has 0 aliphatic heterocycles. The van der Waals surface area contributed by atoms with Crippen LogP contribution in [0.3, 0.4) is 0 Å². The molecule has 0 spiro atoms. The second-order valence-electron chi connectivity index (χ2n) is 7.02. The highest BCUT2D eigenvalue weighted by Crippen LogP contribution is 2.31. The van der Waals surface area contributed by atoms with Crippen LogP contribution in [0.25, 0.3) is 0 Å². The fourth-order valence-electron chi connectivity index (χ4n) is 3.61. The Balaban J connectivity index is 1.82. The van der Waals surface area contributed by atoms with E-state index in [2.05, 4.69) is 0 Å². The summed E-state index contributed by atoms with van der Waals surface area (Å²) in [6, 6.07) is 13.3. The molecule has 28 heavy (non-hydrogen) atoms. The van der Waals surface area contributed by atoms with E-state index in [-0.39, 0.29) is 16.8 Å². The summed E-state index contributed by atoms with van der Waals surface area (Å²) in [7, 11) is 1.03. The fourth-order valence-corrected chi connectivity index (χ4v) is 4.81. The summed E-state index contributed by atoms with van der Waals surface area (Å²) in [6.45, 7) is 0. The minimum atomic E-state index is -3.77. The van der Waals surface area contributed by atoms with E-state index in [0.717, 1.165) is 25.7 Å². The lowest BCUT2D eigenvalue weighted by Crippen LogP contribution is -2.35. The molecule has 2 aromatic rings. The summed E-state index contributed by atoms with van der Waals surface area (Å²) in [5, 5.41) is 0. The van der Waals surface area contributed by atoms with Crippen LogP contribution in [-0.2, 0) is 10.0 Å². The Bertz CT molecular complexity index is 935. The lowest BCUT2D eigenvalue weighted by Gasteiger charge is -2.24. The molecule has 1 aliphatic carbocycles. The Morgan fingerprint density at radius 1 is 1.00 bits per heavy atom. The smallest absolute Gasteiger partial charge is 0.264 e. The van der Waals surface area contributed by atoms with Crippen molar-refractivity contribution in [1.82, 2.24) is 4.90 Å². The zero-order valence-corrected chi connectivity index (χ0v) is 17.3. The number of benzene rings is 2. The van der Waals surface area contributed by atoms with Crippen molar-refractivity contribution < 1.29 is 17.9 Å². The predicted molar refractivity (Wildman–Crippen MR) is 109 cm³/mol. The highest BCUT2D eigenvalue weighted by molar-refractivity contribution is 7.92. The maximum absolute atomic E-state index is 13.0. The lowest BCUT2D eigenvalue weighted by molar-refractivity contribution is 0.0735. The topological polar surface area (TPSA) is 66.9 Å². The van der Waals surface area contributed by atoms with E-state index in [0.29, 0.717) is 17.0 Å². The number of rotatable bonds is 6. The average Bonchev–Trinajstić information content (AvgIpc) is 3.27. The highest BCUT2D eigenvalue weighted by atomic mass is 32.2. The first-order valence-corrected chi connectivity index (χ1v) is 10.8. The molecule has 1 aliphatic rings. The van der Waals surface area contributed by atoms with Crippen molar-refractivity contribution in [3.05, 3.63) is 54.1 Å². The first-order valence-electron chi connectivity index (χ1n) is 9.35. The summed E-state index contributed by atoms with van der Waals surface area (Å²) in [5.41, 5.74) is 0.944. The summed E-state index contributed by atoms with van der Waals surface area (Å²) in [5.74, 6) is 0.396. The van der Waals surface area contributed by atoms with E-state index in [4.69, 9.17) is 4.74 Å². The molecule has 6 nitrogen and oxygen atoms in total. The van der Waals surface area contributed by atoms with E-state index in [1.165, 1.54) is 30.6 Å². The van der Waals surface area contributed by atoms with Crippen LogP contribution in [0.5, 0.6) is 5.75 Å². The van der Waals surface area contributed by atoms with Gasteiger partial charge >= 0.3 is 0 Å². The van der Waals surface area contributed by atoms with Crippen molar-refractivity contribution in [2.45, 2.75) is 36.6 Å². The molecule has 0 heterocycles. The zero-order chi connectivity index (χ0) is 20.3. The highest BCUT2D eigenvalue weighted by Gasteiger charge is 2.26. The van der Waals surface area contributed by atoms with E-state index in [1.807, 2.05) is 7.05 Å². The fraction of sp³-hybridized carbons (Fsp3) is 0.381. The number of ether oxygens (including phenoxy) is 1. The minimum absolute atomic E-state index is 0.0751. The van der Waals surface area contributed by atoms with E-state index >= 15 is 0 Å². The van der Waals surface area contributed by atoms with Crippen LogP contribution in [0.4, 0.5) is 5.69 Å². The third-order valence-corrected chi connectivity index (χ3v) is 7.16. The summed E-state index contributed by atoms with van der Waals surface area (Å²) in [4.78, 5) is 14.6. The first kappa shape index (κ1) is 20.2. The number of hydrogen-bond donors (Lipinski definition) is 0. The molecule has 150 valence electrons. The predicted octanol–water partition coefficient (Wildman–Crippen LogP) is 3.53. The Labute approximate surface area is 166 Å². The summed E-state index contributed by atoms with van der Waals surface area (Å²) in [6.07, 6.45) is 4.35. The Morgan fingerprint density at radius 2 is 1.61 bits per heavy atom. The molecule has 0 saturated heterocycles. The van der Waals surface area contributed by atoms with Gasteiger partial charge in [0, 0.05) is 25.7 Å². The Hall–Kier alpha value is -2.54. The number of methoxy groups -OCH3 is 1. The molecule has 0 radical (unpaired) electrons. The van der Waals surface area contributed by atoms with Gasteiger partial charge in [-0.15, -0.1) is 0 Å². The third kappa shape index (κ3) is 3.85. The van der Waals surface area contributed by atoms with Crippen LogP contribution < -0.4 is 9.04 Å². The minimum Gasteiger partial charge on any atom is -0.495 e. The quantitative estimate of drug-likeness (QED) is 0.741. The van der Waals surface area contributed by atoms with Crippen LogP contribution >= 0.6 is 0 Å². The van der Waals surface area contributed by atoms with Crippen LogP contribution in [-0.4, -0.2) is 46.5 Å². The van der Waals surface area contributed by atoms with Gasteiger partial charge in [-0.25, -0.2) is 8.42 Å². The maximum atomic E-state index is 13.0. The number of hydrogen-bond acceptors (Lipinski definition) is 4. The molecule has 0 bridgehead atoms. The van der Waals surface area contributed by atoms with Crippen molar-refractivity contribution in [3.8, 4) is 5.75 Å². The van der Waals surface area contributed by atoms with Gasteiger partial charge < -0.3 is 9.64 Å². The average molecular weight is 403 g/mol. The number of carbonyl (C=O) groups excluding carboxylic acids is 1. The maximum Gasteiger partial charge on any atom is 0.264 e. The first-order chi connectivity index (χ1) is 13.4. The molecule has 1 saturated carbocycles. The molecule has 1 amide bonds. The molecule has 3 rings (SSSR count). The molecular formula is C21H26N2O4S. The Kier molecular flexibility index (Phi) is 5.93. The molecule has 0 unspecified atom stereocenters. The van der Waals surface area contributed by atoms with E-state index in [1.54, 1.807) is 41.3 Å². The van der Waals surface area contributed by atoms with Gasteiger partial charge in [0.1, 0.15) is 5.75 Å². The molecule has 1 fully saturated rings. The molecule has 0 aromatic heterocycles. The van der Waals surface area contributed by atoms with Gasteiger partial charge in [-0.05, 0) is 49.2 Å². The number of carbonyl (C=O) groups is 1. The number of anilines is 1. The number of amides is 1.